The number of hydrogen-bond donors (Lipinski definition) is 2. The summed E-state index contributed by atoms with van der Waals surface area (Å²) in [6, 6.07) is 17.5. The van der Waals surface area contributed by atoms with Gasteiger partial charge in [0.15, 0.2) is 0 Å². The number of halogens is 2. The molecule has 0 radical (unpaired) electrons. The van der Waals surface area contributed by atoms with Gasteiger partial charge in [-0.15, -0.1) is 0 Å². The van der Waals surface area contributed by atoms with E-state index in [9.17, 15) is 0 Å². The van der Waals surface area contributed by atoms with Crippen molar-refractivity contribution in [2.75, 3.05) is 0 Å². The molecule has 0 saturated heterocycles. The molecule has 0 amide bonds. The Balaban J connectivity index is 1.94. The van der Waals surface area contributed by atoms with Gasteiger partial charge in [-0.25, -0.2) is 4.98 Å². The van der Waals surface area contributed by atoms with Gasteiger partial charge >= 0.3 is 0 Å². The van der Waals surface area contributed by atoms with E-state index in [1.807, 2.05) is 60.9 Å². The van der Waals surface area contributed by atoms with Crippen LogP contribution < -0.4 is 0 Å². The zero-order valence-corrected chi connectivity index (χ0v) is 14.1. The number of nitrogens with one attached hydrogen (secondary N) is 2. The standard InChI is InChI=1S/C19H13Cl2N3/c20-14-6-7-15(16(21)10-14)18-17(12-4-2-1-3-5-12)23-19(24-18)13-8-9-22-11-13/h1-11,22H,(H,23,24). The molecule has 2 N–H and O–H groups in total. The van der Waals surface area contributed by atoms with Crippen molar-refractivity contribution < 1.29 is 0 Å². The minimum atomic E-state index is 0.587. The fourth-order valence-corrected chi connectivity index (χ4v) is 3.18. The third kappa shape index (κ3) is 2.73. The third-order valence-electron chi connectivity index (χ3n) is 3.82. The van der Waals surface area contributed by atoms with Crippen molar-refractivity contribution in [3.63, 3.8) is 0 Å². The first-order valence-electron chi connectivity index (χ1n) is 7.46. The summed E-state index contributed by atoms with van der Waals surface area (Å²) in [5, 5.41) is 1.19. The van der Waals surface area contributed by atoms with Crippen LogP contribution in [-0.4, -0.2) is 15.0 Å². The summed E-state index contributed by atoms with van der Waals surface area (Å²) in [5.74, 6) is 0.788. The molecule has 118 valence electrons. The molecule has 0 aliphatic heterocycles. The van der Waals surface area contributed by atoms with E-state index in [2.05, 4.69) is 9.97 Å². The fourth-order valence-electron chi connectivity index (χ4n) is 2.67. The zero-order valence-electron chi connectivity index (χ0n) is 12.6. The molecule has 0 aliphatic carbocycles. The van der Waals surface area contributed by atoms with E-state index in [0.717, 1.165) is 33.9 Å². The first-order valence-corrected chi connectivity index (χ1v) is 8.22. The Morgan fingerprint density at radius 2 is 1.71 bits per heavy atom. The predicted molar refractivity (Wildman–Crippen MR) is 99.3 cm³/mol. The minimum Gasteiger partial charge on any atom is -0.367 e. The van der Waals surface area contributed by atoms with Crippen LogP contribution in [0, 0.1) is 0 Å². The van der Waals surface area contributed by atoms with Crippen LogP contribution >= 0.6 is 23.2 Å². The molecular formula is C19H13Cl2N3. The van der Waals surface area contributed by atoms with Crippen molar-refractivity contribution in [1.82, 2.24) is 15.0 Å². The smallest absolute Gasteiger partial charge is 0.140 e. The number of aromatic amines is 2. The zero-order chi connectivity index (χ0) is 16.5. The Morgan fingerprint density at radius 1 is 0.875 bits per heavy atom. The lowest BCUT2D eigenvalue weighted by molar-refractivity contribution is 1.31. The van der Waals surface area contributed by atoms with Crippen LogP contribution in [0.1, 0.15) is 0 Å². The molecule has 2 heterocycles. The summed E-state index contributed by atoms with van der Waals surface area (Å²) in [7, 11) is 0. The Bertz CT molecular complexity index is 973. The van der Waals surface area contributed by atoms with Crippen molar-refractivity contribution in [3.8, 4) is 33.9 Å². The van der Waals surface area contributed by atoms with Gasteiger partial charge in [0.1, 0.15) is 5.82 Å². The molecule has 0 spiro atoms. The van der Waals surface area contributed by atoms with Crippen LogP contribution in [0.2, 0.25) is 10.0 Å². The molecule has 2 aromatic heterocycles. The highest BCUT2D eigenvalue weighted by Crippen LogP contribution is 2.37. The van der Waals surface area contributed by atoms with Crippen LogP contribution in [-0.2, 0) is 0 Å². The number of H-pyrrole nitrogens is 2. The van der Waals surface area contributed by atoms with Gasteiger partial charge in [-0.1, -0.05) is 53.5 Å². The Kier molecular flexibility index (Phi) is 3.89. The topological polar surface area (TPSA) is 44.5 Å². The second kappa shape index (κ2) is 6.19. The van der Waals surface area contributed by atoms with Crippen LogP contribution in [0.5, 0.6) is 0 Å². The Labute approximate surface area is 149 Å². The maximum Gasteiger partial charge on any atom is 0.140 e. The highest BCUT2D eigenvalue weighted by atomic mass is 35.5. The lowest BCUT2D eigenvalue weighted by Gasteiger charge is -2.06. The highest BCUT2D eigenvalue weighted by Gasteiger charge is 2.17. The van der Waals surface area contributed by atoms with Gasteiger partial charge in [-0.2, -0.15) is 0 Å². The summed E-state index contributed by atoms with van der Waals surface area (Å²) in [6.45, 7) is 0. The predicted octanol–water partition coefficient (Wildman–Crippen LogP) is 6.05. The van der Waals surface area contributed by atoms with E-state index in [4.69, 9.17) is 28.2 Å². The van der Waals surface area contributed by atoms with Gasteiger partial charge in [-0.05, 0) is 24.3 Å². The van der Waals surface area contributed by atoms with Crippen LogP contribution in [0.15, 0.2) is 67.0 Å². The largest absolute Gasteiger partial charge is 0.367 e. The highest BCUT2D eigenvalue weighted by molar-refractivity contribution is 6.36. The second-order valence-electron chi connectivity index (χ2n) is 5.40. The molecule has 4 aromatic rings. The molecule has 0 aliphatic rings. The van der Waals surface area contributed by atoms with Crippen molar-refractivity contribution in [1.29, 1.82) is 0 Å². The van der Waals surface area contributed by atoms with Crippen LogP contribution in [0.4, 0.5) is 0 Å². The van der Waals surface area contributed by atoms with E-state index < -0.39 is 0 Å². The van der Waals surface area contributed by atoms with Crippen molar-refractivity contribution in [2.45, 2.75) is 0 Å². The second-order valence-corrected chi connectivity index (χ2v) is 6.24. The third-order valence-corrected chi connectivity index (χ3v) is 4.37. The molecule has 4 rings (SSSR count). The molecule has 0 saturated carbocycles. The number of rotatable bonds is 3. The van der Waals surface area contributed by atoms with Crippen LogP contribution in [0.3, 0.4) is 0 Å². The number of imidazole rings is 1. The van der Waals surface area contributed by atoms with E-state index in [1.54, 1.807) is 6.07 Å². The maximum absolute atomic E-state index is 6.42. The molecule has 3 nitrogen and oxygen atoms in total. The van der Waals surface area contributed by atoms with Crippen molar-refractivity contribution >= 4 is 23.2 Å². The average molecular weight is 354 g/mol. The Hall–Kier alpha value is -2.49. The number of aromatic nitrogens is 3. The van der Waals surface area contributed by atoms with Gasteiger partial charge < -0.3 is 9.97 Å². The molecule has 5 heteroatoms. The van der Waals surface area contributed by atoms with E-state index >= 15 is 0 Å². The Morgan fingerprint density at radius 3 is 2.42 bits per heavy atom. The molecule has 0 atom stereocenters. The molecule has 24 heavy (non-hydrogen) atoms. The molecule has 2 aromatic carbocycles. The lowest BCUT2D eigenvalue weighted by atomic mass is 10.1. The summed E-state index contributed by atoms with van der Waals surface area (Å²) in [6.07, 6.45) is 3.77. The normalized spacial score (nSPS) is 10.9. The van der Waals surface area contributed by atoms with E-state index in [0.29, 0.717) is 10.0 Å². The number of hydrogen-bond acceptors (Lipinski definition) is 1. The van der Waals surface area contributed by atoms with E-state index in [1.165, 1.54) is 0 Å². The van der Waals surface area contributed by atoms with Gasteiger partial charge in [0.2, 0.25) is 0 Å². The molecular weight excluding hydrogens is 341 g/mol. The van der Waals surface area contributed by atoms with E-state index in [-0.39, 0.29) is 0 Å². The van der Waals surface area contributed by atoms with Crippen molar-refractivity contribution in [2.24, 2.45) is 0 Å². The summed E-state index contributed by atoms with van der Waals surface area (Å²) in [5.41, 5.74) is 4.62. The summed E-state index contributed by atoms with van der Waals surface area (Å²) >= 11 is 12.5. The summed E-state index contributed by atoms with van der Waals surface area (Å²) in [4.78, 5) is 11.2. The van der Waals surface area contributed by atoms with Crippen LogP contribution in [0.25, 0.3) is 33.9 Å². The molecule has 0 unspecified atom stereocenters. The van der Waals surface area contributed by atoms with Gasteiger partial charge in [0.05, 0.1) is 16.4 Å². The average Bonchev–Trinajstić information content (AvgIpc) is 3.25. The number of nitrogens with zero attached hydrogens (tertiary/aromatic N) is 1. The molecule has 0 bridgehead atoms. The lowest BCUT2D eigenvalue weighted by Crippen LogP contribution is -1.85. The monoisotopic (exact) mass is 353 g/mol. The first-order chi connectivity index (χ1) is 11.7. The first kappa shape index (κ1) is 15.1. The summed E-state index contributed by atoms with van der Waals surface area (Å²) < 4.78 is 0. The number of benzene rings is 2. The SMILES string of the molecule is Clc1ccc(-c2[nH]c(-c3cc[nH]c3)nc2-c2ccccc2)c(Cl)c1. The fraction of sp³-hybridized carbons (Fsp3) is 0. The van der Waals surface area contributed by atoms with Gasteiger partial charge in [-0.3, -0.25) is 0 Å². The maximum atomic E-state index is 6.42. The minimum absolute atomic E-state index is 0.587. The quantitative estimate of drug-likeness (QED) is 0.462. The van der Waals surface area contributed by atoms with Crippen molar-refractivity contribution in [3.05, 3.63) is 77.0 Å². The van der Waals surface area contributed by atoms with Gasteiger partial charge in [0, 0.05) is 34.1 Å². The molecule has 0 fully saturated rings. The van der Waals surface area contributed by atoms with Gasteiger partial charge in [0.25, 0.3) is 0 Å².